The van der Waals surface area contributed by atoms with E-state index in [0.29, 0.717) is 6.10 Å². The van der Waals surface area contributed by atoms with Crippen molar-refractivity contribution >= 4 is 16.5 Å². The maximum atomic E-state index is 9.29. The fourth-order valence-electron chi connectivity index (χ4n) is 2.27. The number of likely N-dealkylation sites (N-methyl/N-ethyl adjacent to an activating group) is 1. The molecule has 1 aliphatic heterocycles. The molecule has 0 spiro atoms. The van der Waals surface area contributed by atoms with Gasteiger partial charge in [-0.25, -0.2) is 4.98 Å². The SMILES string of the molecule is CCc1nc(N(C)CC2CCCCO2)sc1CO. The molecular weight excluding hydrogens is 248 g/mol. The summed E-state index contributed by atoms with van der Waals surface area (Å²) in [6, 6.07) is 0. The molecule has 1 aromatic heterocycles. The first-order valence-corrected chi connectivity index (χ1v) is 7.48. The predicted molar refractivity (Wildman–Crippen MR) is 74.3 cm³/mol. The molecule has 2 rings (SSSR count). The van der Waals surface area contributed by atoms with Crippen LogP contribution in [-0.4, -0.2) is 36.4 Å². The quantitative estimate of drug-likeness (QED) is 0.891. The Labute approximate surface area is 113 Å². The molecule has 5 heteroatoms. The van der Waals surface area contributed by atoms with E-state index < -0.39 is 0 Å². The number of ether oxygens (including phenoxy) is 1. The maximum absolute atomic E-state index is 9.29. The van der Waals surface area contributed by atoms with E-state index in [1.165, 1.54) is 12.8 Å². The van der Waals surface area contributed by atoms with E-state index in [0.717, 1.165) is 41.7 Å². The van der Waals surface area contributed by atoms with Crippen molar-refractivity contribution in [1.82, 2.24) is 4.98 Å². The van der Waals surface area contributed by atoms with Crippen molar-refractivity contribution < 1.29 is 9.84 Å². The van der Waals surface area contributed by atoms with Crippen LogP contribution in [0, 0.1) is 0 Å². The summed E-state index contributed by atoms with van der Waals surface area (Å²) in [5, 5.41) is 10.3. The first kappa shape index (κ1) is 13.8. The summed E-state index contributed by atoms with van der Waals surface area (Å²) >= 11 is 1.59. The first-order valence-electron chi connectivity index (χ1n) is 6.66. The summed E-state index contributed by atoms with van der Waals surface area (Å²) in [6.45, 7) is 3.94. The molecule has 18 heavy (non-hydrogen) atoms. The highest BCUT2D eigenvalue weighted by Gasteiger charge is 2.18. The summed E-state index contributed by atoms with van der Waals surface area (Å²) in [4.78, 5) is 7.74. The molecule has 102 valence electrons. The maximum Gasteiger partial charge on any atom is 0.185 e. The zero-order valence-corrected chi connectivity index (χ0v) is 12.0. The van der Waals surface area contributed by atoms with Gasteiger partial charge in [-0.3, -0.25) is 0 Å². The highest BCUT2D eigenvalue weighted by molar-refractivity contribution is 7.15. The van der Waals surface area contributed by atoms with Crippen LogP contribution < -0.4 is 4.90 Å². The zero-order valence-electron chi connectivity index (χ0n) is 11.2. The van der Waals surface area contributed by atoms with Gasteiger partial charge in [0, 0.05) is 20.2 Å². The van der Waals surface area contributed by atoms with Crippen molar-refractivity contribution in [3.05, 3.63) is 10.6 Å². The number of aromatic nitrogens is 1. The molecule has 0 amide bonds. The van der Waals surface area contributed by atoms with Crippen LogP contribution in [0.5, 0.6) is 0 Å². The zero-order chi connectivity index (χ0) is 13.0. The molecular formula is C13H22N2O2S. The minimum Gasteiger partial charge on any atom is -0.391 e. The van der Waals surface area contributed by atoms with Crippen LogP contribution in [-0.2, 0) is 17.8 Å². The Bertz CT molecular complexity index is 354. The Hall–Kier alpha value is -0.650. The summed E-state index contributed by atoms with van der Waals surface area (Å²) in [5.41, 5.74) is 1.02. The molecule has 0 aliphatic carbocycles. The van der Waals surface area contributed by atoms with Gasteiger partial charge in [0.15, 0.2) is 5.13 Å². The second kappa shape index (κ2) is 6.50. The molecule has 1 N–H and O–H groups in total. The van der Waals surface area contributed by atoms with Gasteiger partial charge in [0.05, 0.1) is 23.3 Å². The summed E-state index contributed by atoms with van der Waals surface area (Å²) in [5.74, 6) is 0. The lowest BCUT2D eigenvalue weighted by atomic mass is 10.1. The largest absolute Gasteiger partial charge is 0.391 e. The topological polar surface area (TPSA) is 45.6 Å². The van der Waals surface area contributed by atoms with Gasteiger partial charge in [0.1, 0.15) is 0 Å². The highest BCUT2D eigenvalue weighted by atomic mass is 32.1. The smallest absolute Gasteiger partial charge is 0.185 e. The minimum atomic E-state index is 0.0919. The summed E-state index contributed by atoms with van der Waals surface area (Å²) < 4.78 is 5.75. The van der Waals surface area contributed by atoms with Gasteiger partial charge in [0.2, 0.25) is 0 Å². The van der Waals surface area contributed by atoms with Gasteiger partial charge in [0.25, 0.3) is 0 Å². The fourth-order valence-corrected chi connectivity index (χ4v) is 3.25. The molecule has 1 unspecified atom stereocenters. The number of nitrogens with zero attached hydrogens (tertiary/aromatic N) is 2. The van der Waals surface area contributed by atoms with Gasteiger partial charge in [-0.2, -0.15) is 0 Å². The van der Waals surface area contributed by atoms with Crippen molar-refractivity contribution in [3.8, 4) is 0 Å². The van der Waals surface area contributed by atoms with E-state index >= 15 is 0 Å². The van der Waals surface area contributed by atoms with Crippen molar-refractivity contribution in [2.45, 2.75) is 45.3 Å². The molecule has 4 nitrogen and oxygen atoms in total. The molecule has 1 saturated heterocycles. The molecule has 1 aliphatic rings. The number of aryl methyl sites for hydroxylation is 1. The lowest BCUT2D eigenvalue weighted by Gasteiger charge is -2.27. The van der Waals surface area contributed by atoms with Crippen LogP contribution in [0.4, 0.5) is 5.13 Å². The third kappa shape index (κ3) is 3.22. The average Bonchev–Trinajstić information content (AvgIpc) is 2.83. The van der Waals surface area contributed by atoms with E-state index in [-0.39, 0.29) is 6.61 Å². The number of aliphatic hydroxyl groups excluding tert-OH is 1. The molecule has 1 atom stereocenters. The van der Waals surface area contributed by atoms with E-state index in [4.69, 9.17) is 4.74 Å². The summed E-state index contributed by atoms with van der Waals surface area (Å²) in [7, 11) is 2.05. The third-order valence-corrected chi connectivity index (χ3v) is 4.52. The second-order valence-corrected chi connectivity index (χ2v) is 5.81. The van der Waals surface area contributed by atoms with E-state index in [2.05, 4.69) is 23.9 Å². The van der Waals surface area contributed by atoms with Crippen LogP contribution in [0.3, 0.4) is 0 Å². The monoisotopic (exact) mass is 270 g/mol. The molecule has 1 aromatic rings. The molecule has 2 heterocycles. The molecule has 1 fully saturated rings. The Balaban J connectivity index is 1.98. The standard InChI is InChI=1S/C13H22N2O2S/c1-3-11-12(9-16)18-13(14-11)15(2)8-10-6-4-5-7-17-10/h10,16H,3-9H2,1-2H3. The van der Waals surface area contributed by atoms with Crippen LogP contribution in [0.25, 0.3) is 0 Å². The number of anilines is 1. The Morgan fingerprint density at radius 2 is 2.33 bits per heavy atom. The Morgan fingerprint density at radius 1 is 1.50 bits per heavy atom. The summed E-state index contributed by atoms with van der Waals surface area (Å²) in [6.07, 6.45) is 4.80. The third-order valence-electron chi connectivity index (χ3n) is 3.32. The minimum absolute atomic E-state index is 0.0919. The van der Waals surface area contributed by atoms with E-state index in [1.807, 2.05) is 0 Å². The van der Waals surface area contributed by atoms with Gasteiger partial charge in [-0.15, -0.1) is 0 Å². The van der Waals surface area contributed by atoms with Gasteiger partial charge in [-0.05, 0) is 25.7 Å². The molecule has 0 saturated carbocycles. The number of hydrogen-bond acceptors (Lipinski definition) is 5. The van der Waals surface area contributed by atoms with Gasteiger partial charge >= 0.3 is 0 Å². The lowest BCUT2D eigenvalue weighted by Crippen LogP contribution is -2.33. The number of aliphatic hydroxyl groups is 1. The van der Waals surface area contributed by atoms with Crippen LogP contribution >= 0.6 is 11.3 Å². The van der Waals surface area contributed by atoms with Crippen LogP contribution in [0.15, 0.2) is 0 Å². The molecule has 0 bridgehead atoms. The lowest BCUT2D eigenvalue weighted by molar-refractivity contribution is 0.0216. The Morgan fingerprint density at radius 3 is 2.89 bits per heavy atom. The normalized spacial score (nSPS) is 20.1. The van der Waals surface area contributed by atoms with Crippen molar-refractivity contribution in [2.75, 3.05) is 25.1 Å². The first-order chi connectivity index (χ1) is 8.74. The average molecular weight is 270 g/mol. The number of rotatable bonds is 5. The highest BCUT2D eigenvalue weighted by Crippen LogP contribution is 2.27. The fraction of sp³-hybridized carbons (Fsp3) is 0.769. The predicted octanol–water partition coefficient (Wildman–Crippen LogP) is 2.20. The molecule has 0 radical (unpaired) electrons. The van der Waals surface area contributed by atoms with Crippen molar-refractivity contribution in [1.29, 1.82) is 0 Å². The second-order valence-electron chi connectivity index (χ2n) is 4.75. The van der Waals surface area contributed by atoms with Gasteiger partial charge < -0.3 is 14.7 Å². The van der Waals surface area contributed by atoms with Crippen molar-refractivity contribution in [3.63, 3.8) is 0 Å². The number of hydrogen-bond donors (Lipinski definition) is 1. The van der Waals surface area contributed by atoms with Gasteiger partial charge in [-0.1, -0.05) is 18.3 Å². The van der Waals surface area contributed by atoms with Crippen LogP contribution in [0.2, 0.25) is 0 Å². The van der Waals surface area contributed by atoms with E-state index in [9.17, 15) is 5.11 Å². The molecule has 0 aromatic carbocycles. The Kier molecular flexibility index (Phi) is 4.97. The van der Waals surface area contributed by atoms with Crippen molar-refractivity contribution in [2.24, 2.45) is 0 Å². The number of thiazole rings is 1. The van der Waals surface area contributed by atoms with Crippen LogP contribution in [0.1, 0.15) is 36.8 Å². The van der Waals surface area contributed by atoms with E-state index in [1.54, 1.807) is 11.3 Å².